The van der Waals surface area contributed by atoms with E-state index >= 15 is 0 Å². The van der Waals surface area contributed by atoms with Crippen LogP contribution in [0, 0.1) is 11.8 Å². The molecule has 4 aliphatic rings. The topological polar surface area (TPSA) is 42.3 Å². The Labute approximate surface area is 203 Å². The van der Waals surface area contributed by atoms with Gasteiger partial charge >= 0.3 is 0 Å². The Bertz CT molecular complexity index is 1120. The quantitative estimate of drug-likeness (QED) is 0.567. The van der Waals surface area contributed by atoms with E-state index in [0.29, 0.717) is 30.3 Å². The molecule has 0 radical (unpaired) electrons. The van der Waals surface area contributed by atoms with E-state index in [2.05, 4.69) is 45.9 Å². The van der Waals surface area contributed by atoms with Gasteiger partial charge in [-0.05, 0) is 87.1 Å². The molecule has 1 unspecified atom stereocenters. The van der Waals surface area contributed by atoms with Gasteiger partial charge in [-0.25, -0.2) is 0 Å². The van der Waals surface area contributed by atoms with Crippen molar-refractivity contribution in [3.05, 3.63) is 64.5 Å². The molecule has 0 N–H and O–H groups in total. The maximum Gasteiger partial charge on any atom is 0.165 e. The molecule has 2 aliphatic carbocycles. The Kier molecular flexibility index (Phi) is 6.02. The number of piperidine rings is 1. The highest BCUT2D eigenvalue weighted by molar-refractivity contribution is 6.06. The van der Waals surface area contributed by atoms with E-state index in [1.807, 2.05) is 0 Å². The number of hydrogen-bond donors (Lipinski definition) is 0. The molecule has 3 heterocycles. The van der Waals surface area contributed by atoms with Crippen molar-refractivity contribution >= 4 is 17.1 Å². The van der Waals surface area contributed by atoms with Gasteiger partial charge in [-0.2, -0.15) is 0 Å². The van der Waals surface area contributed by atoms with E-state index in [-0.39, 0.29) is 5.92 Å². The van der Waals surface area contributed by atoms with Crippen molar-refractivity contribution in [1.82, 2.24) is 9.47 Å². The van der Waals surface area contributed by atoms with Crippen LogP contribution >= 0.6 is 0 Å². The minimum atomic E-state index is -0.0138. The molecule has 0 bridgehead atoms. The summed E-state index contributed by atoms with van der Waals surface area (Å²) in [5.41, 5.74) is 7.52. The van der Waals surface area contributed by atoms with Crippen molar-refractivity contribution in [3.63, 3.8) is 0 Å². The summed E-state index contributed by atoms with van der Waals surface area (Å²) < 4.78 is 2.39. The Balaban J connectivity index is 1.08. The second kappa shape index (κ2) is 9.30. The van der Waals surface area contributed by atoms with Gasteiger partial charge in [0.1, 0.15) is 5.78 Å². The molecule has 34 heavy (non-hydrogen) atoms. The molecule has 1 atom stereocenters. The number of allylic oxidation sites excluding steroid dienone is 2. The normalized spacial score (nSPS) is 22.8. The van der Waals surface area contributed by atoms with Crippen LogP contribution in [-0.4, -0.2) is 34.1 Å². The minimum absolute atomic E-state index is 0.0138. The number of rotatable bonds is 6. The zero-order chi connectivity index (χ0) is 23.1. The zero-order valence-corrected chi connectivity index (χ0v) is 20.2. The van der Waals surface area contributed by atoms with E-state index in [1.54, 1.807) is 0 Å². The van der Waals surface area contributed by atoms with Gasteiger partial charge in [-0.3, -0.25) is 14.5 Å². The summed E-state index contributed by atoms with van der Waals surface area (Å²) in [4.78, 5) is 28.7. The summed E-state index contributed by atoms with van der Waals surface area (Å²) >= 11 is 0. The van der Waals surface area contributed by atoms with Crippen LogP contribution in [0.3, 0.4) is 0 Å². The van der Waals surface area contributed by atoms with Crippen LogP contribution in [0.15, 0.2) is 36.4 Å². The summed E-state index contributed by atoms with van der Waals surface area (Å²) in [6.45, 7) is 4.06. The van der Waals surface area contributed by atoms with E-state index < -0.39 is 0 Å². The second-order valence-corrected chi connectivity index (χ2v) is 10.9. The first-order chi connectivity index (χ1) is 16.7. The maximum atomic E-state index is 13.3. The predicted octanol–water partition coefficient (Wildman–Crippen LogP) is 5.62. The van der Waals surface area contributed by atoms with Gasteiger partial charge in [-0.1, -0.05) is 36.4 Å². The average molecular weight is 457 g/mol. The molecule has 1 aromatic heterocycles. The maximum absolute atomic E-state index is 13.3. The number of benzene rings is 1. The van der Waals surface area contributed by atoms with Crippen LogP contribution in [0.25, 0.3) is 5.57 Å². The molecule has 0 spiro atoms. The molecule has 0 saturated carbocycles. The number of carbonyl (C=O) groups excluding carboxylic acids is 2. The van der Waals surface area contributed by atoms with E-state index in [0.717, 1.165) is 57.4 Å². The number of carbonyl (C=O) groups is 2. The largest absolute Gasteiger partial charge is 0.343 e. The third-order valence-corrected chi connectivity index (χ3v) is 8.73. The molecule has 1 fully saturated rings. The Morgan fingerprint density at radius 3 is 2.59 bits per heavy atom. The van der Waals surface area contributed by atoms with Crippen molar-refractivity contribution < 1.29 is 9.59 Å². The van der Waals surface area contributed by atoms with Crippen molar-refractivity contribution in [2.75, 3.05) is 13.1 Å². The lowest BCUT2D eigenvalue weighted by Gasteiger charge is -2.32. The molecule has 4 heteroatoms. The SMILES string of the molecule is O=C1CCC2=CC(C(=O)CCC3CCN(Cc4ccccc4)CC3)Cn3c4c(c1c32)CCCC4. The Morgan fingerprint density at radius 1 is 0.971 bits per heavy atom. The zero-order valence-electron chi connectivity index (χ0n) is 20.2. The molecule has 1 aromatic carbocycles. The van der Waals surface area contributed by atoms with Crippen LogP contribution in [-0.2, 0) is 30.7 Å². The third-order valence-electron chi connectivity index (χ3n) is 8.73. The van der Waals surface area contributed by atoms with Crippen LogP contribution in [0.1, 0.15) is 84.2 Å². The van der Waals surface area contributed by atoms with Gasteiger partial charge in [0.2, 0.25) is 0 Å². The van der Waals surface area contributed by atoms with Gasteiger partial charge in [0, 0.05) is 37.2 Å². The lowest BCUT2D eigenvalue weighted by molar-refractivity contribution is -0.122. The van der Waals surface area contributed by atoms with Crippen molar-refractivity contribution in [2.45, 2.75) is 77.3 Å². The number of Topliss-reactive ketones (excluding diaryl/α,β-unsaturated/α-hetero) is 2. The molecule has 2 aromatic rings. The van der Waals surface area contributed by atoms with Crippen LogP contribution in [0.2, 0.25) is 0 Å². The summed E-state index contributed by atoms with van der Waals surface area (Å²) in [6.07, 6.45) is 12.3. The van der Waals surface area contributed by atoms with Gasteiger partial charge in [-0.15, -0.1) is 0 Å². The van der Waals surface area contributed by atoms with Crippen LogP contribution < -0.4 is 0 Å². The first-order valence-electron chi connectivity index (χ1n) is 13.4. The van der Waals surface area contributed by atoms with Crippen LogP contribution in [0.4, 0.5) is 0 Å². The highest BCUT2D eigenvalue weighted by Gasteiger charge is 2.37. The molecule has 6 rings (SSSR count). The fraction of sp³-hybridized carbons (Fsp3) is 0.533. The molecule has 0 amide bonds. The number of nitrogens with zero attached hydrogens (tertiary/aromatic N) is 2. The second-order valence-electron chi connectivity index (χ2n) is 10.9. The van der Waals surface area contributed by atoms with E-state index in [1.165, 1.54) is 53.8 Å². The third kappa shape index (κ3) is 4.11. The number of aromatic nitrogens is 1. The average Bonchev–Trinajstić information content (AvgIpc) is 3.22. The molecular weight excluding hydrogens is 420 g/mol. The molecule has 2 aliphatic heterocycles. The number of hydrogen-bond acceptors (Lipinski definition) is 3. The summed E-state index contributed by atoms with van der Waals surface area (Å²) in [5, 5.41) is 0. The van der Waals surface area contributed by atoms with Crippen molar-refractivity contribution in [2.24, 2.45) is 11.8 Å². The van der Waals surface area contributed by atoms with Crippen molar-refractivity contribution in [1.29, 1.82) is 0 Å². The molecule has 1 saturated heterocycles. The van der Waals surface area contributed by atoms with E-state index in [4.69, 9.17) is 0 Å². The summed E-state index contributed by atoms with van der Waals surface area (Å²) in [6, 6.07) is 10.7. The predicted molar refractivity (Wildman–Crippen MR) is 135 cm³/mol. The van der Waals surface area contributed by atoms with Crippen LogP contribution in [0.5, 0.6) is 0 Å². The fourth-order valence-electron chi connectivity index (χ4n) is 6.85. The summed E-state index contributed by atoms with van der Waals surface area (Å²) in [5.74, 6) is 1.38. The summed E-state index contributed by atoms with van der Waals surface area (Å²) in [7, 11) is 0. The fourth-order valence-corrected chi connectivity index (χ4v) is 6.85. The minimum Gasteiger partial charge on any atom is -0.343 e. The van der Waals surface area contributed by atoms with E-state index in [9.17, 15) is 9.59 Å². The van der Waals surface area contributed by atoms with Gasteiger partial charge < -0.3 is 4.57 Å². The Morgan fingerprint density at radius 2 is 1.76 bits per heavy atom. The lowest BCUT2D eigenvalue weighted by Crippen LogP contribution is -2.33. The van der Waals surface area contributed by atoms with Crippen molar-refractivity contribution in [3.8, 4) is 0 Å². The molecule has 178 valence electrons. The highest BCUT2D eigenvalue weighted by atomic mass is 16.1. The number of likely N-dealkylation sites (tertiary alicyclic amines) is 1. The highest BCUT2D eigenvalue weighted by Crippen LogP contribution is 2.43. The standard InChI is InChI=1S/C30H36N2O2/c33-27(12-10-21-14-16-31(17-15-21)19-22-6-2-1-3-7-22)24-18-23-11-13-28(34)29-25-8-4-5-9-26(25)32(20-24)30(23)29/h1-3,6-7,18,21,24H,4-5,8-17,19-20H2. The molecular formula is C30H36N2O2. The number of fused-ring (bicyclic) bond motifs is 3. The first-order valence-corrected chi connectivity index (χ1v) is 13.4. The first kappa shape index (κ1) is 22.0. The number of ketones is 2. The van der Waals surface area contributed by atoms with Gasteiger partial charge in [0.25, 0.3) is 0 Å². The smallest absolute Gasteiger partial charge is 0.165 e. The lowest BCUT2D eigenvalue weighted by atomic mass is 9.83. The monoisotopic (exact) mass is 456 g/mol. The van der Waals surface area contributed by atoms with Gasteiger partial charge in [0.15, 0.2) is 5.78 Å². The Hall–Kier alpha value is -2.46. The van der Waals surface area contributed by atoms with Gasteiger partial charge in [0.05, 0.1) is 11.6 Å². The molecule has 4 nitrogen and oxygen atoms in total.